The average molecular weight is 209 g/mol. The van der Waals surface area contributed by atoms with Crippen LogP contribution in [0.4, 0.5) is 0 Å². The van der Waals surface area contributed by atoms with Gasteiger partial charge >= 0.3 is 0 Å². The molecule has 4 nitrogen and oxygen atoms in total. The van der Waals surface area contributed by atoms with Crippen molar-refractivity contribution in [1.29, 1.82) is 0 Å². The van der Waals surface area contributed by atoms with Crippen molar-refractivity contribution in [2.24, 2.45) is 7.05 Å². The molecule has 1 saturated heterocycles. The number of hydrogen-bond acceptors (Lipinski definition) is 3. The van der Waals surface area contributed by atoms with E-state index in [2.05, 4.69) is 17.3 Å². The lowest BCUT2D eigenvalue weighted by atomic mass is 10.1. The second-order valence-electron chi connectivity index (χ2n) is 4.21. The van der Waals surface area contributed by atoms with Crippen LogP contribution in [0.5, 0.6) is 0 Å². The standard InChI is InChI=1S/C11H19N3O/c1-9(10-6-13-14(2)8-10)12-7-11-4-3-5-15-11/h6,8-9,11-12H,3-5,7H2,1-2H3/t9-,11+/m0/s1. The van der Waals surface area contributed by atoms with Gasteiger partial charge in [-0.15, -0.1) is 0 Å². The van der Waals surface area contributed by atoms with Gasteiger partial charge in [0.15, 0.2) is 0 Å². The Morgan fingerprint density at radius 3 is 3.20 bits per heavy atom. The van der Waals surface area contributed by atoms with E-state index in [1.54, 1.807) is 0 Å². The van der Waals surface area contributed by atoms with Gasteiger partial charge in [0.05, 0.1) is 12.3 Å². The van der Waals surface area contributed by atoms with E-state index < -0.39 is 0 Å². The van der Waals surface area contributed by atoms with Gasteiger partial charge in [-0.25, -0.2) is 0 Å². The van der Waals surface area contributed by atoms with Crippen molar-refractivity contribution in [3.8, 4) is 0 Å². The maximum Gasteiger partial charge on any atom is 0.0700 e. The zero-order valence-electron chi connectivity index (χ0n) is 9.44. The number of hydrogen-bond donors (Lipinski definition) is 1. The van der Waals surface area contributed by atoms with Crippen molar-refractivity contribution < 1.29 is 4.74 Å². The predicted octanol–water partition coefficient (Wildman–Crippen LogP) is 1.25. The molecule has 0 saturated carbocycles. The first-order chi connectivity index (χ1) is 7.25. The highest BCUT2D eigenvalue weighted by Gasteiger charge is 2.16. The zero-order valence-corrected chi connectivity index (χ0v) is 9.44. The summed E-state index contributed by atoms with van der Waals surface area (Å²) in [5, 5.41) is 7.64. The first kappa shape index (κ1) is 10.6. The lowest BCUT2D eigenvalue weighted by Gasteiger charge is -2.15. The van der Waals surface area contributed by atoms with Gasteiger partial charge in [0.1, 0.15) is 0 Å². The third kappa shape index (κ3) is 2.79. The van der Waals surface area contributed by atoms with Crippen LogP contribution in [-0.2, 0) is 11.8 Å². The lowest BCUT2D eigenvalue weighted by molar-refractivity contribution is 0.108. The monoisotopic (exact) mass is 209 g/mol. The van der Waals surface area contributed by atoms with E-state index in [9.17, 15) is 0 Å². The molecular formula is C11H19N3O. The number of aromatic nitrogens is 2. The first-order valence-corrected chi connectivity index (χ1v) is 5.59. The molecule has 2 atom stereocenters. The Hall–Kier alpha value is -0.870. The smallest absolute Gasteiger partial charge is 0.0700 e. The van der Waals surface area contributed by atoms with E-state index in [-0.39, 0.29) is 0 Å². The number of aryl methyl sites for hydroxylation is 1. The molecule has 1 aliphatic rings. The minimum Gasteiger partial charge on any atom is -0.377 e. The number of rotatable bonds is 4. The molecule has 1 aliphatic heterocycles. The maximum absolute atomic E-state index is 5.56. The molecule has 1 aromatic heterocycles. The van der Waals surface area contributed by atoms with Gasteiger partial charge in [0.25, 0.3) is 0 Å². The maximum atomic E-state index is 5.56. The largest absolute Gasteiger partial charge is 0.377 e. The molecule has 1 aromatic rings. The van der Waals surface area contributed by atoms with Gasteiger partial charge in [-0.3, -0.25) is 4.68 Å². The highest BCUT2D eigenvalue weighted by molar-refractivity contribution is 5.08. The van der Waals surface area contributed by atoms with Crippen molar-refractivity contribution >= 4 is 0 Å². The van der Waals surface area contributed by atoms with E-state index in [1.807, 2.05) is 24.1 Å². The molecule has 84 valence electrons. The molecule has 0 bridgehead atoms. The summed E-state index contributed by atoms with van der Waals surface area (Å²) < 4.78 is 7.39. The fourth-order valence-corrected chi connectivity index (χ4v) is 1.90. The first-order valence-electron chi connectivity index (χ1n) is 5.59. The van der Waals surface area contributed by atoms with Crippen LogP contribution in [0.3, 0.4) is 0 Å². The van der Waals surface area contributed by atoms with E-state index in [4.69, 9.17) is 4.74 Å². The van der Waals surface area contributed by atoms with Gasteiger partial charge in [-0.05, 0) is 19.8 Å². The Morgan fingerprint density at radius 1 is 1.73 bits per heavy atom. The summed E-state index contributed by atoms with van der Waals surface area (Å²) >= 11 is 0. The van der Waals surface area contributed by atoms with Crippen molar-refractivity contribution in [2.75, 3.05) is 13.2 Å². The molecule has 0 aromatic carbocycles. The van der Waals surface area contributed by atoms with Gasteiger partial charge < -0.3 is 10.1 Å². The molecule has 0 amide bonds. The van der Waals surface area contributed by atoms with Crippen LogP contribution in [0.15, 0.2) is 12.4 Å². The van der Waals surface area contributed by atoms with E-state index in [0.717, 1.165) is 13.2 Å². The Morgan fingerprint density at radius 2 is 2.60 bits per heavy atom. The highest BCUT2D eigenvalue weighted by atomic mass is 16.5. The summed E-state index contributed by atoms with van der Waals surface area (Å²) in [5.74, 6) is 0. The third-order valence-electron chi connectivity index (χ3n) is 2.90. The molecule has 0 aliphatic carbocycles. The minimum absolute atomic E-state index is 0.350. The molecular weight excluding hydrogens is 190 g/mol. The number of nitrogens with zero attached hydrogens (tertiary/aromatic N) is 2. The summed E-state index contributed by atoms with van der Waals surface area (Å²) in [6, 6.07) is 0.350. The summed E-state index contributed by atoms with van der Waals surface area (Å²) in [6.45, 7) is 4.02. The Bertz CT molecular complexity index is 305. The normalized spacial score (nSPS) is 23.2. The van der Waals surface area contributed by atoms with Crippen LogP contribution in [-0.4, -0.2) is 29.0 Å². The number of nitrogens with one attached hydrogen (secondary N) is 1. The zero-order chi connectivity index (χ0) is 10.7. The SMILES string of the molecule is C[C@H](NC[C@H]1CCCO1)c1cnn(C)c1. The summed E-state index contributed by atoms with van der Waals surface area (Å²) in [4.78, 5) is 0. The van der Waals surface area contributed by atoms with E-state index in [0.29, 0.717) is 12.1 Å². The molecule has 0 radical (unpaired) electrons. The van der Waals surface area contributed by atoms with Crippen LogP contribution in [0, 0.1) is 0 Å². The molecule has 1 N–H and O–H groups in total. The molecule has 2 rings (SSSR count). The van der Waals surface area contributed by atoms with Crippen molar-refractivity contribution in [3.05, 3.63) is 18.0 Å². The Balaban J connectivity index is 1.79. The molecule has 0 spiro atoms. The highest BCUT2D eigenvalue weighted by Crippen LogP contribution is 2.14. The Labute approximate surface area is 90.6 Å². The van der Waals surface area contributed by atoms with Gasteiger partial charge in [-0.1, -0.05) is 0 Å². The van der Waals surface area contributed by atoms with Crippen molar-refractivity contribution in [1.82, 2.24) is 15.1 Å². The minimum atomic E-state index is 0.350. The van der Waals surface area contributed by atoms with Gasteiger partial charge in [0.2, 0.25) is 0 Å². The predicted molar refractivity (Wildman–Crippen MR) is 58.6 cm³/mol. The van der Waals surface area contributed by atoms with Crippen LogP contribution in [0.2, 0.25) is 0 Å². The quantitative estimate of drug-likeness (QED) is 0.811. The fourth-order valence-electron chi connectivity index (χ4n) is 1.90. The van der Waals surface area contributed by atoms with Crippen LogP contribution in [0.1, 0.15) is 31.4 Å². The average Bonchev–Trinajstić information content (AvgIpc) is 2.84. The summed E-state index contributed by atoms with van der Waals surface area (Å²) in [7, 11) is 1.94. The van der Waals surface area contributed by atoms with E-state index >= 15 is 0 Å². The Kier molecular flexibility index (Phi) is 3.38. The topological polar surface area (TPSA) is 39.1 Å². The molecule has 2 heterocycles. The second-order valence-corrected chi connectivity index (χ2v) is 4.21. The van der Waals surface area contributed by atoms with Crippen LogP contribution >= 0.6 is 0 Å². The molecule has 15 heavy (non-hydrogen) atoms. The van der Waals surface area contributed by atoms with Gasteiger partial charge in [0, 0.05) is 38.0 Å². The van der Waals surface area contributed by atoms with Crippen molar-refractivity contribution in [2.45, 2.75) is 31.9 Å². The molecule has 0 unspecified atom stereocenters. The summed E-state index contributed by atoms with van der Waals surface area (Å²) in [5.41, 5.74) is 1.23. The van der Waals surface area contributed by atoms with Crippen molar-refractivity contribution in [3.63, 3.8) is 0 Å². The third-order valence-corrected chi connectivity index (χ3v) is 2.90. The fraction of sp³-hybridized carbons (Fsp3) is 0.727. The van der Waals surface area contributed by atoms with Crippen LogP contribution in [0.25, 0.3) is 0 Å². The molecule has 4 heteroatoms. The van der Waals surface area contributed by atoms with E-state index in [1.165, 1.54) is 18.4 Å². The number of ether oxygens (including phenoxy) is 1. The van der Waals surface area contributed by atoms with Gasteiger partial charge in [-0.2, -0.15) is 5.10 Å². The summed E-state index contributed by atoms with van der Waals surface area (Å²) in [6.07, 6.45) is 6.75. The second kappa shape index (κ2) is 4.77. The van der Waals surface area contributed by atoms with Crippen LogP contribution < -0.4 is 5.32 Å². The lowest BCUT2D eigenvalue weighted by Crippen LogP contribution is -2.28. The molecule has 1 fully saturated rings.